The number of hydrogen-bond acceptors (Lipinski definition) is 3. The van der Waals surface area contributed by atoms with E-state index in [1.165, 1.54) is 6.07 Å². The van der Waals surface area contributed by atoms with E-state index in [0.29, 0.717) is 11.1 Å². The van der Waals surface area contributed by atoms with E-state index in [1.54, 1.807) is 6.07 Å². The van der Waals surface area contributed by atoms with Crippen molar-refractivity contribution in [1.29, 1.82) is 5.26 Å². The number of nitriles is 1. The van der Waals surface area contributed by atoms with Crippen LogP contribution in [0.3, 0.4) is 0 Å². The molecule has 3 nitrogen and oxygen atoms in total. The normalized spacial score (nSPS) is 11.0. The molecule has 1 rings (SSSR count). The molecule has 0 heterocycles. The van der Waals surface area contributed by atoms with Gasteiger partial charge in [0.2, 0.25) is 0 Å². The van der Waals surface area contributed by atoms with Gasteiger partial charge in [0.05, 0.1) is 11.6 Å². The van der Waals surface area contributed by atoms with Crippen LogP contribution in [-0.2, 0) is 5.41 Å². The zero-order chi connectivity index (χ0) is 10.9. The van der Waals surface area contributed by atoms with Gasteiger partial charge in [-0.05, 0) is 11.5 Å². The van der Waals surface area contributed by atoms with Crippen LogP contribution in [0.2, 0.25) is 0 Å². The van der Waals surface area contributed by atoms with Crippen molar-refractivity contribution in [3.63, 3.8) is 0 Å². The minimum absolute atomic E-state index is 0.142. The highest BCUT2D eigenvalue weighted by molar-refractivity contribution is 5.53. The van der Waals surface area contributed by atoms with Gasteiger partial charge in [-0.1, -0.05) is 20.8 Å². The molecule has 0 aliphatic rings. The first-order chi connectivity index (χ1) is 6.36. The smallest absolute Gasteiger partial charge is 0.161 e. The summed E-state index contributed by atoms with van der Waals surface area (Å²) in [5, 5.41) is 27.7. The molecule has 2 N–H and O–H groups in total. The number of aromatic hydroxyl groups is 2. The molecule has 0 saturated carbocycles. The maximum Gasteiger partial charge on any atom is 0.161 e. The highest BCUT2D eigenvalue weighted by Gasteiger charge is 2.21. The van der Waals surface area contributed by atoms with Crippen LogP contribution in [0.25, 0.3) is 0 Å². The molecule has 0 aliphatic carbocycles. The monoisotopic (exact) mass is 191 g/mol. The lowest BCUT2D eigenvalue weighted by Crippen LogP contribution is -2.11. The van der Waals surface area contributed by atoms with E-state index < -0.39 is 0 Å². The quantitative estimate of drug-likeness (QED) is 0.618. The molecule has 0 aliphatic heterocycles. The topological polar surface area (TPSA) is 64.2 Å². The second kappa shape index (κ2) is 3.22. The van der Waals surface area contributed by atoms with Crippen molar-refractivity contribution in [2.24, 2.45) is 0 Å². The highest BCUT2D eigenvalue weighted by Crippen LogP contribution is 2.37. The maximum atomic E-state index is 9.59. The summed E-state index contributed by atoms with van der Waals surface area (Å²) in [4.78, 5) is 0. The van der Waals surface area contributed by atoms with Crippen molar-refractivity contribution in [3.05, 3.63) is 23.3 Å². The van der Waals surface area contributed by atoms with Crippen LogP contribution in [-0.4, -0.2) is 10.2 Å². The summed E-state index contributed by atoms with van der Waals surface area (Å²) >= 11 is 0. The van der Waals surface area contributed by atoms with E-state index in [1.807, 2.05) is 26.8 Å². The lowest BCUT2D eigenvalue weighted by atomic mass is 9.85. The Balaban J connectivity index is 3.44. The molecule has 0 atom stereocenters. The van der Waals surface area contributed by atoms with E-state index in [4.69, 9.17) is 5.26 Å². The predicted octanol–water partition coefficient (Wildman–Crippen LogP) is 2.27. The van der Waals surface area contributed by atoms with Crippen LogP contribution in [0.15, 0.2) is 12.1 Å². The van der Waals surface area contributed by atoms with Gasteiger partial charge in [0.25, 0.3) is 0 Å². The van der Waals surface area contributed by atoms with Gasteiger partial charge in [0.15, 0.2) is 11.5 Å². The molecule has 0 amide bonds. The van der Waals surface area contributed by atoms with Gasteiger partial charge in [0.1, 0.15) is 0 Å². The van der Waals surface area contributed by atoms with E-state index in [9.17, 15) is 10.2 Å². The number of phenolic OH excluding ortho intramolecular Hbond substituents is 2. The number of rotatable bonds is 0. The Morgan fingerprint density at radius 3 is 2.21 bits per heavy atom. The summed E-state index contributed by atoms with van der Waals surface area (Å²) in [5.41, 5.74) is 0.633. The Hall–Kier alpha value is -1.69. The SMILES string of the molecule is CC(C)(C)c1cc(C#N)cc(O)c1O. The second-order valence-electron chi connectivity index (χ2n) is 4.25. The molecule has 0 bridgehead atoms. The fraction of sp³-hybridized carbons (Fsp3) is 0.364. The molecule has 0 radical (unpaired) electrons. The minimum Gasteiger partial charge on any atom is -0.504 e. The Kier molecular flexibility index (Phi) is 2.39. The molecule has 0 unspecified atom stereocenters. The zero-order valence-corrected chi connectivity index (χ0v) is 8.50. The van der Waals surface area contributed by atoms with E-state index in [2.05, 4.69) is 0 Å². The summed E-state index contributed by atoms with van der Waals surface area (Å²) in [5.74, 6) is -0.384. The number of benzene rings is 1. The van der Waals surface area contributed by atoms with Crippen LogP contribution >= 0.6 is 0 Å². The Morgan fingerprint density at radius 2 is 1.79 bits per heavy atom. The van der Waals surface area contributed by atoms with Gasteiger partial charge in [-0.3, -0.25) is 0 Å². The fourth-order valence-electron chi connectivity index (χ4n) is 1.26. The molecule has 1 aromatic rings. The Labute approximate surface area is 83.2 Å². The minimum atomic E-state index is -0.297. The fourth-order valence-corrected chi connectivity index (χ4v) is 1.26. The lowest BCUT2D eigenvalue weighted by molar-refractivity contribution is 0.389. The van der Waals surface area contributed by atoms with Crippen molar-refractivity contribution < 1.29 is 10.2 Å². The van der Waals surface area contributed by atoms with Crippen LogP contribution in [0, 0.1) is 11.3 Å². The average molecular weight is 191 g/mol. The summed E-state index contributed by atoms with van der Waals surface area (Å²) in [6.07, 6.45) is 0. The van der Waals surface area contributed by atoms with Crippen molar-refractivity contribution >= 4 is 0 Å². The number of nitrogens with zero attached hydrogens (tertiary/aromatic N) is 1. The van der Waals surface area contributed by atoms with Crippen LogP contribution < -0.4 is 0 Å². The first-order valence-corrected chi connectivity index (χ1v) is 4.33. The third-order valence-electron chi connectivity index (χ3n) is 2.03. The Morgan fingerprint density at radius 1 is 1.21 bits per heavy atom. The molecule has 3 heteroatoms. The summed E-state index contributed by atoms with van der Waals surface area (Å²) in [7, 11) is 0. The number of hydrogen-bond donors (Lipinski definition) is 2. The summed E-state index contributed by atoms with van der Waals surface area (Å²) < 4.78 is 0. The van der Waals surface area contributed by atoms with Crippen molar-refractivity contribution in [2.75, 3.05) is 0 Å². The standard InChI is InChI=1S/C11H13NO2/c1-11(2,3)8-4-7(6-12)5-9(13)10(8)14/h4-5,13-14H,1-3H3. The Bertz CT molecular complexity index is 397. The molecule has 0 saturated heterocycles. The van der Waals surface area contributed by atoms with Gasteiger partial charge in [0, 0.05) is 11.6 Å². The third-order valence-corrected chi connectivity index (χ3v) is 2.03. The maximum absolute atomic E-state index is 9.59. The molecule has 0 aromatic heterocycles. The van der Waals surface area contributed by atoms with E-state index in [0.717, 1.165) is 0 Å². The molecule has 1 aromatic carbocycles. The largest absolute Gasteiger partial charge is 0.504 e. The first-order valence-electron chi connectivity index (χ1n) is 4.33. The van der Waals surface area contributed by atoms with E-state index in [-0.39, 0.29) is 16.9 Å². The van der Waals surface area contributed by atoms with Gasteiger partial charge in [-0.2, -0.15) is 5.26 Å². The summed E-state index contributed by atoms with van der Waals surface area (Å²) in [6, 6.07) is 4.78. The van der Waals surface area contributed by atoms with Crippen molar-refractivity contribution in [1.82, 2.24) is 0 Å². The highest BCUT2D eigenvalue weighted by atomic mass is 16.3. The molecule has 0 spiro atoms. The zero-order valence-electron chi connectivity index (χ0n) is 8.50. The molecule has 0 fully saturated rings. The number of phenols is 2. The average Bonchev–Trinajstić information content (AvgIpc) is 2.07. The van der Waals surface area contributed by atoms with Gasteiger partial charge in [-0.15, -0.1) is 0 Å². The van der Waals surface area contributed by atoms with Crippen molar-refractivity contribution in [3.8, 4) is 17.6 Å². The van der Waals surface area contributed by atoms with Crippen molar-refractivity contribution in [2.45, 2.75) is 26.2 Å². The van der Waals surface area contributed by atoms with Gasteiger partial charge in [-0.25, -0.2) is 0 Å². The molecular formula is C11H13NO2. The van der Waals surface area contributed by atoms with Crippen LogP contribution in [0.1, 0.15) is 31.9 Å². The first kappa shape index (κ1) is 10.4. The van der Waals surface area contributed by atoms with Gasteiger partial charge >= 0.3 is 0 Å². The van der Waals surface area contributed by atoms with E-state index >= 15 is 0 Å². The second-order valence-corrected chi connectivity index (χ2v) is 4.25. The van der Waals surface area contributed by atoms with Crippen LogP contribution in [0.4, 0.5) is 0 Å². The van der Waals surface area contributed by atoms with Gasteiger partial charge < -0.3 is 10.2 Å². The summed E-state index contributed by atoms with van der Waals surface area (Å²) in [6.45, 7) is 5.72. The molecule has 74 valence electrons. The van der Waals surface area contributed by atoms with Crippen LogP contribution in [0.5, 0.6) is 11.5 Å². The molecular weight excluding hydrogens is 178 g/mol. The molecule has 14 heavy (non-hydrogen) atoms. The predicted molar refractivity (Wildman–Crippen MR) is 53.2 cm³/mol. The third kappa shape index (κ3) is 1.80. The lowest BCUT2D eigenvalue weighted by Gasteiger charge is -2.20.